The lowest BCUT2D eigenvalue weighted by atomic mass is 10.1. The molecule has 0 spiro atoms. The molecule has 2 heterocycles. The van der Waals surface area contributed by atoms with E-state index in [4.69, 9.17) is 9.68 Å². The summed E-state index contributed by atoms with van der Waals surface area (Å²) in [5, 5.41) is 14.0. The summed E-state index contributed by atoms with van der Waals surface area (Å²) in [6.45, 7) is 1.55. The standard InChI is InChI=1S/C17H12FN3O2S/c1-10-13(18)5-11(8-19)6-14(10)21-16(22)7-12-9-24-17(20-12)15-3-2-4-23-15/h2-6,9H,7H2,1H3,(H,21,22). The van der Waals surface area contributed by atoms with Gasteiger partial charge in [0.1, 0.15) is 5.82 Å². The van der Waals surface area contributed by atoms with Crippen molar-refractivity contribution in [2.45, 2.75) is 13.3 Å². The minimum atomic E-state index is -0.530. The molecule has 0 unspecified atom stereocenters. The average molecular weight is 341 g/mol. The fourth-order valence-electron chi connectivity index (χ4n) is 2.13. The summed E-state index contributed by atoms with van der Waals surface area (Å²) in [4.78, 5) is 16.5. The SMILES string of the molecule is Cc1c(F)cc(C#N)cc1NC(=O)Cc1csc(-c2ccco2)n1. The molecule has 5 nitrogen and oxygen atoms in total. The van der Waals surface area contributed by atoms with Gasteiger partial charge in [-0.15, -0.1) is 11.3 Å². The van der Waals surface area contributed by atoms with Crippen molar-refractivity contribution >= 4 is 22.9 Å². The molecule has 3 aromatic rings. The molecule has 1 N–H and O–H groups in total. The molecule has 1 amide bonds. The van der Waals surface area contributed by atoms with Crippen molar-refractivity contribution in [3.8, 4) is 16.8 Å². The van der Waals surface area contributed by atoms with Crippen LogP contribution in [0.5, 0.6) is 0 Å². The lowest BCUT2D eigenvalue weighted by Gasteiger charge is -2.09. The number of carbonyl (C=O) groups excluding carboxylic acids is 1. The van der Waals surface area contributed by atoms with Crippen molar-refractivity contribution in [2.24, 2.45) is 0 Å². The van der Waals surface area contributed by atoms with Crippen LogP contribution in [0.15, 0.2) is 40.3 Å². The van der Waals surface area contributed by atoms with Crippen LogP contribution in [0, 0.1) is 24.1 Å². The van der Waals surface area contributed by atoms with Crippen molar-refractivity contribution < 1.29 is 13.6 Å². The number of rotatable bonds is 4. The molecular weight excluding hydrogens is 329 g/mol. The van der Waals surface area contributed by atoms with E-state index in [2.05, 4.69) is 10.3 Å². The number of hydrogen-bond donors (Lipinski definition) is 1. The maximum atomic E-state index is 13.7. The zero-order chi connectivity index (χ0) is 17.1. The van der Waals surface area contributed by atoms with E-state index in [0.29, 0.717) is 16.5 Å². The normalized spacial score (nSPS) is 10.4. The van der Waals surface area contributed by atoms with Crippen LogP contribution in [0.25, 0.3) is 10.8 Å². The van der Waals surface area contributed by atoms with Crippen LogP contribution in [0.1, 0.15) is 16.8 Å². The topological polar surface area (TPSA) is 78.9 Å². The largest absolute Gasteiger partial charge is 0.462 e. The Bertz CT molecular complexity index is 926. The molecule has 120 valence electrons. The van der Waals surface area contributed by atoms with Gasteiger partial charge in [0.15, 0.2) is 10.8 Å². The van der Waals surface area contributed by atoms with Gasteiger partial charge in [0, 0.05) is 16.6 Å². The molecule has 0 aliphatic heterocycles. The number of anilines is 1. The molecular formula is C17H12FN3O2S. The molecule has 2 aromatic heterocycles. The third-order valence-electron chi connectivity index (χ3n) is 3.37. The van der Waals surface area contributed by atoms with Gasteiger partial charge in [-0.1, -0.05) is 0 Å². The van der Waals surface area contributed by atoms with Gasteiger partial charge in [0.05, 0.1) is 30.0 Å². The van der Waals surface area contributed by atoms with Gasteiger partial charge in [-0.3, -0.25) is 4.79 Å². The summed E-state index contributed by atoms with van der Waals surface area (Å²) in [6.07, 6.45) is 1.61. The van der Waals surface area contributed by atoms with E-state index in [0.717, 1.165) is 6.07 Å². The van der Waals surface area contributed by atoms with Crippen LogP contribution in [0.3, 0.4) is 0 Å². The van der Waals surface area contributed by atoms with Gasteiger partial charge in [-0.2, -0.15) is 5.26 Å². The van der Waals surface area contributed by atoms with E-state index in [1.54, 1.807) is 30.7 Å². The molecule has 0 fully saturated rings. The number of nitrogens with zero attached hydrogens (tertiary/aromatic N) is 2. The predicted molar refractivity (Wildman–Crippen MR) is 88.0 cm³/mol. The van der Waals surface area contributed by atoms with Gasteiger partial charge < -0.3 is 9.73 Å². The Morgan fingerprint density at radius 2 is 2.33 bits per heavy atom. The first-order valence-electron chi connectivity index (χ1n) is 7.05. The molecule has 0 saturated carbocycles. The number of aromatic nitrogens is 1. The van der Waals surface area contributed by atoms with Crippen molar-refractivity contribution in [3.63, 3.8) is 0 Å². The third-order valence-corrected chi connectivity index (χ3v) is 4.28. The number of halogens is 1. The third kappa shape index (κ3) is 3.34. The predicted octanol–water partition coefficient (Wildman–Crippen LogP) is 3.90. The Kier molecular flexibility index (Phi) is 4.40. The first kappa shape index (κ1) is 15.9. The lowest BCUT2D eigenvalue weighted by Crippen LogP contribution is -2.16. The molecule has 0 bridgehead atoms. The van der Waals surface area contributed by atoms with Crippen LogP contribution in [0.4, 0.5) is 10.1 Å². The molecule has 7 heteroatoms. The number of furan rings is 1. The number of hydrogen-bond acceptors (Lipinski definition) is 5. The highest BCUT2D eigenvalue weighted by Crippen LogP contribution is 2.25. The fraction of sp³-hybridized carbons (Fsp3) is 0.118. The van der Waals surface area contributed by atoms with Crippen LogP contribution in [0.2, 0.25) is 0 Å². The average Bonchev–Trinajstić information content (AvgIpc) is 3.22. The summed E-state index contributed by atoms with van der Waals surface area (Å²) in [5.74, 6) is -0.215. The monoisotopic (exact) mass is 341 g/mol. The van der Waals surface area contributed by atoms with Gasteiger partial charge in [0.2, 0.25) is 5.91 Å². The molecule has 0 saturated heterocycles. The van der Waals surface area contributed by atoms with E-state index in [9.17, 15) is 9.18 Å². The summed E-state index contributed by atoms with van der Waals surface area (Å²) in [7, 11) is 0. The van der Waals surface area contributed by atoms with Gasteiger partial charge in [0.25, 0.3) is 0 Å². The maximum absolute atomic E-state index is 13.7. The summed E-state index contributed by atoms with van der Waals surface area (Å²) in [5.41, 5.74) is 1.33. The molecule has 0 aliphatic rings. The Hall–Kier alpha value is -2.98. The minimum absolute atomic E-state index is 0.0506. The van der Waals surface area contributed by atoms with Crippen LogP contribution < -0.4 is 5.32 Å². The van der Waals surface area contributed by atoms with Gasteiger partial charge >= 0.3 is 0 Å². The van der Waals surface area contributed by atoms with E-state index < -0.39 is 5.82 Å². The second kappa shape index (κ2) is 6.64. The Morgan fingerprint density at radius 3 is 3.04 bits per heavy atom. The summed E-state index contributed by atoms with van der Waals surface area (Å²) in [6, 6.07) is 8.02. The van der Waals surface area contributed by atoms with E-state index in [1.807, 2.05) is 6.07 Å². The minimum Gasteiger partial charge on any atom is -0.462 e. The van der Waals surface area contributed by atoms with Crippen molar-refractivity contribution in [2.75, 3.05) is 5.32 Å². The van der Waals surface area contributed by atoms with Gasteiger partial charge in [-0.05, 0) is 31.2 Å². The number of amides is 1. The van der Waals surface area contributed by atoms with E-state index in [1.165, 1.54) is 17.4 Å². The summed E-state index contributed by atoms with van der Waals surface area (Å²) < 4.78 is 19.0. The zero-order valence-corrected chi connectivity index (χ0v) is 13.5. The Balaban J connectivity index is 1.73. The van der Waals surface area contributed by atoms with Crippen molar-refractivity contribution in [1.29, 1.82) is 5.26 Å². The maximum Gasteiger partial charge on any atom is 0.230 e. The van der Waals surface area contributed by atoms with Crippen LogP contribution in [-0.4, -0.2) is 10.9 Å². The second-order valence-electron chi connectivity index (χ2n) is 5.09. The number of nitrogens with one attached hydrogen (secondary N) is 1. The lowest BCUT2D eigenvalue weighted by molar-refractivity contribution is -0.115. The number of carbonyl (C=O) groups is 1. The second-order valence-corrected chi connectivity index (χ2v) is 5.95. The smallest absolute Gasteiger partial charge is 0.230 e. The Labute approximate surface area is 141 Å². The zero-order valence-electron chi connectivity index (χ0n) is 12.7. The van der Waals surface area contributed by atoms with E-state index in [-0.39, 0.29) is 29.1 Å². The molecule has 1 aromatic carbocycles. The Morgan fingerprint density at radius 1 is 1.50 bits per heavy atom. The summed E-state index contributed by atoms with van der Waals surface area (Å²) >= 11 is 1.38. The van der Waals surface area contributed by atoms with Crippen molar-refractivity contribution in [3.05, 3.63) is 58.5 Å². The highest BCUT2D eigenvalue weighted by molar-refractivity contribution is 7.13. The molecule has 24 heavy (non-hydrogen) atoms. The number of thiazole rings is 1. The molecule has 0 atom stereocenters. The fourth-order valence-corrected chi connectivity index (χ4v) is 2.92. The first-order chi connectivity index (χ1) is 11.6. The van der Waals surface area contributed by atoms with Crippen molar-refractivity contribution in [1.82, 2.24) is 4.98 Å². The van der Waals surface area contributed by atoms with E-state index >= 15 is 0 Å². The molecule has 0 radical (unpaired) electrons. The number of benzene rings is 1. The molecule has 0 aliphatic carbocycles. The molecule has 3 rings (SSSR count). The highest BCUT2D eigenvalue weighted by Gasteiger charge is 2.13. The van der Waals surface area contributed by atoms with Gasteiger partial charge in [-0.25, -0.2) is 9.37 Å². The number of nitriles is 1. The van der Waals surface area contributed by atoms with Crippen LogP contribution >= 0.6 is 11.3 Å². The first-order valence-corrected chi connectivity index (χ1v) is 7.93. The quantitative estimate of drug-likeness (QED) is 0.780. The van der Waals surface area contributed by atoms with Crippen LogP contribution in [-0.2, 0) is 11.2 Å². The highest BCUT2D eigenvalue weighted by atomic mass is 32.1.